The highest BCUT2D eigenvalue weighted by molar-refractivity contribution is 7.76. The molecule has 60 valence electrons. The van der Waals surface area contributed by atoms with Crippen molar-refractivity contribution in [3.05, 3.63) is 0 Å². The minimum absolute atomic E-state index is 0.592. The predicted octanol–water partition coefficient (Wildman–Crippen LogP) is -1.08. The molecule has 0 saturated heterocycles. The van der Waals surface area contributed by atoms with Gasteiger partial charge in [-0.3, -0.25) is 0 Å². The summed E-state index contributed by atoms with van der Waals surface area (Å²) < 4.78 is 38.8. The van der Waals surface area contributed by atoms with Gasteiger partial charge in [0, 0.05) is 0 Å². The van der Waals surface area contributed by atoms with Crippen LogP contribution in [0.3, 0.4) is 0 Å². The minimum Gasteiger partial charge on any atom is -0.184 e. The van der Waals surface area contributed by atoms with Crippen LogP contribution in [0.1, 0.15) is 0 Å². The van der Waals surface area contributed by atoms with Crippen LogP contribution in [0.2, 0.25) is 0 Å². The molecule has 0 radical (unpaired) electrons. The van der Waals surface area contributed by atoms with E-state index in [9.17, 15) is 16.8 Å². The van der Waals surface area contributed by atoms with Gasteiger partial charge in [0.15, 0.2) is 0 Å². The van der Waals surface area contributed by atoms with E-state index in [0.29, 0.717) is 5.37 Å². The standard InChI is InChI=1S/C4HClO4S2/c5-4(11(8)9)2-1-3-10(6)7/h3H. The largest absolute Gasteiger partial charge is 0.241 e. The molecule has 0 atom stereocenters. The number of rotatable bonds is 0. The Bertz CT molecular complexity index is 440. The monoisotopic (exact) mass is 212 g/mol. The van der Waals surface area contributed by atoms with Crippen LogP contribution in [0.5, 0.6) is 0 Å². The summed E-state index contributed by atoms with van der Waals surface area (Å²) >= 11 is 5.01. The normalized spacial score (nSPS) is 7.36. The van der Waals surface area contributed by atoms with Crippen LogP contribution >= 0.6 is 11.6 Å². The van der Waals surface area contributed by atoms with Crippen molar-refractivity contribution in [3.8, 4) is 11.8 Å². The number of hydrogen-bond donors (Lipinski definition) is 0. The molecule has 0 aliphatic heterocycles. The minimum atomic E-state index is -2.59. The van der Waals surface area contributed by atoms with E-state index in [-0.39, 0.29) is 0 Å². The lowest BCUT2D eigenvalue weighted by atomic mass is 10.7. The average molecular weight is 213 g/mol. The molecule has 0 saturated carbocycles. The highest BCUT2D eigenvalue weighted by Crippen LogP contribution is 1.75. The van der Waals surface area contributed by atoms with Gasteiger partial charge >= 0.3 is 0 Å². The van der Waals surface area contributed by atoms with Gasteiger partial charge in [-0.2, -0.15) is 16.8 Å². The number of halogens is 1. The third kappa shape index (κ3) is 5.66. The van der Waals surface area contributed by atoms with Crippen molar-refractivity contribution in [2.45, 2.75) is 0 Å². The van der Waals surface area contributed by atoms with E-state index in [1.807, 2.05) is 11.8 Å². The van der Waals surface area contributed by atoms with Crippen molar-refractivity contribution in [2.75, 3.05) is 0 Å². The van der Waals surface area contributed by atoms with Gasteiger partial charge in [0.2, 0.25) is 24.9 Å². The first kappa shape index (κ1) is 10.2. The lowest BCUT2D eigenvalue weighted by molar-refractivity contribution is 0.626. The summed E-state index contributed by atoms with van der Waals surface area (Å²) in [6.07, 6.45) is 0. The summed E-state index contributed by atoms with van der Waals surface area (Å²) in [6, 6.07) is 0. The Morgan fingerprint density at radius 3 is 2.18 bits per heavy atom. The second kappa shape index (κ2) is 4.96. The van der Waals surface area contributed by atoms with Gasteiger partial charge < -0.3 is 0 Å². The van der Waals surface area contributed by atoms with Gasteiger partial charge in [-0.25, -0.2) is 0 Å². The van der Waals surface area contributed by atoms with E-state index >= 15 is 0 Å². The van der Waals surface area contributed by atoms with Crippen LogP contribution in [0, 0.1) is 11.8 Å². The van der Waals surface area contributed by atoms with Crippen LogP contribution in [0.4, 0.5) is 0 Å². The van der Waals surface area contributed by atoms with E-state index in [1.54, 1.807) is 0 Å². The lowest BCUT2D eigenvalue weighted by Crippen LogP contribution is -1.81. The second-order valence-electron chi connectivity index (χ2n) is 1.16. The van der Waals surface area contributed by atoms with Crippen molar-refractivity contribution >= 4 is 41.9 Å². The first-order chi connectivity index (χ1) is 5.04. The molecule has 0 amide bonds. The Labute approximate surface area is 70.9 Å². The molecular weight excluding hydrogens is 212 g/mol. The smallest absolute Gasteiger partial charge is 0.184 e. The maximum absolute atomic E-state index is 9.94. The molecule has 0 aliphatic rings. The van der Waals surface area contributed by atoms with Crippen molar-refractivity contribution < 1.29 is 16.8 Å². The zero-order valence-corrected chi connectivity index (χ0v) is 7.29. The van der Waals surface area contributed by atoms with Crippen molar-refractivity contribution in [1.29, 1.82) is 0 Å². The van der Waals surface area contributed by atoms with Gasteiger partial charge in [0.25, 0.3) is 0 Å². The fourth-order valence-corrected chi connectivity index (χ4v) is 0.528. The van der Waals surface area contributed by atoms with Crippen LogP contribution in [-0.2, 0) is 20.6 Å². The van der Waals surface area contributed by atoms with Crippen molar-refractivity contribution in [3.63, 3.8) is 0 Å². The SMILES string of the molecule is O=S(=O)=CC#CC(Cl)=S(=O)=O. The molecule has 0 aromatic heterocycles. The van der Waals surface area contributed by atoms with E-state index in [1.165, 1.54) is 0 Å². The third-order valence-electron chi connectivity index (χ3n) is 0.472. The zero-order valence-electron chi connectivity index (χ0n) is 4.90. The van der Waals surface area contributed by atoms with Crippen LogP contribution < -0.4 is 0 Å². The van der Waals surface area contributed by atoms with Crippen LogP contribution in [-0.4, -0.2) is 26.5 Å². The summed E-state index contributed by atoms with van der Waals surface area (Å²) in [5, 5.41) is 0.592. The zero-order chi connectivity index (χ0) is 8.85. The molecule has 0 heterocycles. The molecule has 0 aromatic rings. The van der Waals surface area contributed by atoms with E-state index in [2.05, 4.69) is 0 Å². The fourth-order valence-electron chi connectivity index (χ4n) is 0.176. The lowest BCUT2D eigenvalue weighted by Gasteiger charge is -1.65. The summed E-state index contributed by atoms with van der Waals surface area (Å²) in [7, 11) is -5.00. The molecule has 0 aromatic carbocycles. The first-order valence-electron chi connectivity index (χ1n) is 2.08. The summed E-state index contributed by atoms with van der Waals surface area (Å²) in [5.74, 6) is 3.80. The fraction of sp³-hybridized carbons (Fsp3) is 0. The summed E-state index contributed by atoms with van der Waals surface area (Å²) in [6.45, 7) is 0. The van der Waals surface area contributed by atoms with Crippen LogP contribution in [0.25, 0.3) is 0 Å². The average Bonchev–Trinajstić information content (AvgIpc) is 1.86. The van der Waals surface area contributed by atoms with Gasteiger partial charge in [-0.15, -0.1) is 0 Å². The van der Waals surface area contributed by atoms with Gasteiger partial charge in [0.05, 0.1) is 0 Å². The highest BCUT2D eigenvalue weighted by atomic mass is 35.5. The van der Waals surface area contributed by atoms with Gasteiger partial charge in [-0.1, -0.05) is 17.5 Å². The molecule has 11 heavy (non-hydrogen) atoms. The van der Waals surface area contributed by atoms with E-state index in [0.717, 1.165) is 0 Å². The molecule has 0 aliphatic carbocycles. The highest BCUT2D eigenvalue weighted by Gasteiger charge is 1.84. The van der Waals surface area contributed by atoms with E-state index in [4.69, 9.17) is 11.6 Å². The molecular formula is C4HClO4S2. The molecule has 0 N–H and O–H groups in total. The van der Waals surface area contributed by atoms with Crippen molar-refractivity contribution in [2.24, 2.45) is 0 Å². The molecule has 0 spiro atoms. The van der Waals surface area contributed by atoms with Gasteiger partial charge in [-0.05, 0) is 5.92 Å². The molecule has 0 fully saturated rings. The summed E-state index contributed by atoms with van der Waals surface area (Å²) in [4.78, 5) is 0. The Balaban J connectivity index is 4.89. The molecule has 0 rings (SSSR count). The molecule has 0 unspecified atom stereocenters. The summed E-state index contributed by atoms with van der Waals surface area (Å²) in [5.41, 5.74) is 0. The molecule has 7 heteroatoms. The van der Waals surface area contributed by atoms with Gasteiger partial charge in [0.1, 0.15) is 5.37 Å². The Morgan fingerprint density at radius 2 is 1.82 bits per heavy atom. The number of hydrogen-bond acceptors (Lipinski definition) is 4. The molecule has 4 nitrogen and oxygen atoms in total. The van der Waals surface area contributed by atoms with Crippen LogP contribution in [0.15, 0.2) is 0 Å². The maximum Gasteiger partial charge on any atom is 0.241 e. The first-order valence-corrected chi connectivity index (χ1v) is 4.68. The third-order valence-corrected chi connectivity index (χ3v) is 1.65. The quantitative estimate of drug-likeness (QED) is 0.291. The Morgan fingerprint density at radius 1 is 1.27 bits per heavy atom. The maximum atomic E-state index is 9.94. The topological polar surface area (TPSA) is 68.3 Å². The van der Waals surface area contributed by atoms with E-state index < -0.39 is 24.9 Å². The Hall–Kier alpha value is -0.770. The van der Waals surface area contributed by atoms with Crippen molar-refractivity contribution in [1.82, 2.24) is 0 Å². The Kier molecular flexibility index (Phi) is 4.61. The second-order valence-corrected chi connectivity index (χ2v) is 3.39. The molecule has 0 bridgehead atoms. The predicted molar refractivity (Wildman–Crippen MR) is 42.5 cm³/mol.